The first kappa shape index (κ1) is 15.4. The van der Waals surface area contributed by atoms with Crippen LogP contribution in [0.2, 0.25) is 0 Å². The highest BCUT2D eigenvalue weighted by atomic mass is 19.3. The molecular formula is C14H15F2N3O4. The summed E-state index contributed by atoms with van der Waals surface area (Å²) in [5.74, 6) is -0.570. The number of rotatable bonds is 3. The zero-order valence-electron chi connectivity index (χ0n) is 12.1. The van der Waals surface area contributed by atoms with E-state index in [0.717, 1.165) is 0 Å². The van der Waals surface area contributed by atoms with Gasteiger partial charge in [0.25, 0.3) is 5.91 Å². The maximum absolute atomic E-state index is 12.5. The minimum absolute atomic E-state index is 0.00420. The molecule has 3 rings (SSSR count). The molecule has 23 heavy (non-hydrogen) atoms. The van der Waals surface area contributed by atoms with Crippen LogP contribution in [0.3, 0.4) is 0 Å². The lowest BCUT2D eigenvalue weighted by Crippen LogP contribution is -2.57. The number of nitrogens with one attached hydrogen (secondary N) is 1. The van der Waals surface area contributed by atoms with Gasteiger partial charge in [-0.1, -0.05) is 0 Å². The van der Waals surface area contributed by atoms with Crippen molar-refractivity contribution in [2.45, 2.75) is 19.1 Å². The van der Waals surface area contributed by atoms with Crippen molar-refractivity contribution in [1.82, 2.24) is 15.2 Å². The molecule has 2 fully saturated rings. The number of nitrogens with zero attached hydrogens (tertiary/aromatic N) is 2. The smallest absolute Gasteiger partial charge is 0.407 e. The van der Waals surface area contributed by atoms with Crippen molar-refractivity contribution in [3.05, 3.63) is 23.9 Å². The van der Waals surface area contributed by atoms with Gasteiger partial charge >= 0.3 is 12.7 Å². The van der Waals surface area contributed by atoms with E-state index >= 15 is 0 Å². The fourth-order valence-electron chi connectivity index (χ4n) is 2.83. The van der Waals surface area contributed by atoms with Gasteiger partial charge in [0.15, 0.2) is 0 Å². The molecule has 2 aliphatic rings. The minimum Gasteiger partial charge on any atom is -0.449 e. The van der Waals surface area contributed by atoms with Crippen LogP contribution < -0.4 is 10.1 Å². The summed E-state index contributed by atoms with van der Waals surface area (Å²) in [6.45, 7) is -1.84. The number of carbonyl (C=O) groups excluding carboxylic acids is 2. The fourth-order valence-corrected chi connectivity index (χ4v) is 2.83. The highest BCUT2D eigenvalue weighted by Gasteiger charge is 2.36. The van der Waals surface area contributed by atoms with Gasteiger partial charge in [-0.25, -0.2) is 9.78 Å². The monoisotopic (exact) mass is 327 g/mol. The number of amides is 2. The van der Waals surface area contributed by atoms with Gasteiger partial charge in [0, 0.05) is 42.9 Å². The molecule has 3 heterocycles. The Morgan fingerprint density at radius 3 is 3.13 bits per heavy atom. The van der Waals surface area contributed by atoms with Crippen molar-refractivity contribution in [1.29, 1.82) is 0 Å². The number of aromatic nitrogens is 1. The molecule has 1 aromatic heterocycles. The number of hydrogen-bond acceptors (Lipinski definition) is 5. The molecule has 0 radical (unpaired) electrons. The van der Waals surface area contributed by atoms with E-state index in [9.17, 15) is 18.4 Å². The molecule has 0 spiro atoms. The number of pyridine rings is 1. The number of ether oxygens (including phenoxy) is 2. The second-order valence-electron chi connectivity index (χ2n) is 5.41. The van der Waals surface area contributed by atoms with Crippen molar-refractivity contribution >= 4 is 12.0 Å². The Kier molecular flexibility index (Phi) is 4.26. The van der Waals surface area contributed by atoms with Gasteiger partial charge in [0.2, 0.25) is 5.88 Å². The lowest BCUT2D eigenvalue weighted by atomic mass is 9.91. The first-order valence-electron chi connectivity index (χ1n) is 7.16. The molecule has 124 valence electrons. The molecule has 0 bridgehead atoms. The van der Waals surface area contributed by atoms with Gasteiger partial charge in [0.1, 0.15) is 0 Å². The third kappa shape index (κ3) is 3.49. The summed E-state index contributed by atoms with van der Waals surface area (Å²) in [6.07, 6.45) is 1.44. The van der Waals surface area contributed by atoms with E-state index < -0.39 is 12.7 Å². The molecule has 2 amide bonds. The van der Waals surface area contributed by atoms with Gasteiger partial charge < -0.3 is 19.7 Å². The number of likely N-dealkylation sites (tertiary alicyclic amines) is 1. The summed E-state index contributed by atoms with van der Waals surface area (Å²) < 4.78 is 33.6. The summed E-state index contributed by atoms with van der Waals surface area (Å²) in [5.41, 5.74) is 0.231. The van der Waals surface area contributed by atoms with E-state index in [1.54, 1.807) is 4.90 Å². The summed E-state index contributed by atoms with van der Waals surface area (Å²) in [5, 5.41) is 2.74. The van der Waals surface area contributed by atoms with Crippen molar-refractivity contribution in [2.24, 2.45) is 5.92 Å². The first-order chi connectivity index (χ1) is 11.0. The average Bonchev–Trinajstić information content (AvgIpc) is 2.53. The molecule has 2 aliphatic heterocycles. The highest BCUT2D eigenvalue weighted by Crippen LogP contribution is 2.23. The van der Waals surface area contributed by atoms with Crippen LogP contribution in [-0.2, 0) is 4.74 Å². The van der Waals surface area contributed by atoms with E-state index in [0.29, 0.717) is 19.5 Å². The van der Waals surface area contributed by atoms with Crippen molar-refractivity contribution in [3.8, 4) is 5.88 Å². The Balaban J connectivity index is 1.68. The van der Waals surface area contributed by atoms with E-state index in [1.165, 1.54) is 18.3 Å². The second-order valence-corrected chi connectivity index (χ2v) is 5.41. The molecule has 0 unspecified atom stereocenters. The van der Waals surface area contributed by atoms with Crippen LogP contribution in [-0.4, -0.2) is 54.2 Å². The number of hydrogen-bond donors (Lipinski definition) is 1. The quantitative estimate of drug-likeness (QED) is 0.904. The Hall–Kier alpha value is -2.45. The van der Waals surface area contributed by atoms with Gasteiger partial charge in [-0.2, -0.15) is 8.78 Å². The third-order valence-electron chi connectivity index (χ3n) is 3.94. The number of fused-ring (bicyclic) bond motifs is 1. The van der Waals surface area contributed by atoms with Gasteiger partial charge in [-0.3, -0.25) is 4.79 Å². The lowest BCUT2D eigenvalue weighted by Gasteiger charge is -2.40. The predicted molar refractivity (Wildman–Crippen MR) is 73.2 cm³/mol. The minimum atomic E-state index is -2.99. The average molecular weight is 327 g/mol. The fraction of sp³-hybridized carbons (Fsp3) is 0.500. The van der Waals surface area contributed by atoms with Crippen molar-refractivity contribution < 1.29 is 27.8 Å². The Morgan fingerprint density at radius 2 is 2.35 bits per heavy atom. The molecule has 0 aromatic carbocycles. The molecule has 9 heteroatoms. The normalized spacial score (nSPS) is 23.8. The summed E-state index contributed by atoms with van der Waals surface area (Å²) in [7, 11) is 0. The van der Waals surface area contributed by atoms with Crippen LogP contribution in [0.1, 0.15) is 16.8 Å². The molecule has 1 aromatic rings. The van der Waals surface area contributed by atoms with E-state index in [-0.39, 0.29) is 35.9 Å². The maximum atomic E-state index is 12.5. The molecule has 7 nitrogen and oxygen atoms in total. The van der Waals surface area contributed by atoms with Crippen molar-refractivity contribution in [2.75, 3.05) is 19.7 Å². The van der Waals surface area contributed by atoms with Gasteiger partial charge in [-0.05, 0) is 12.5 Å². The molecule has 2 atom stereocenters. The second kappa shape index (κ2) is 6.35. The zero-order valence-corrected chi connectivity index (χ0v) is 12.1. The molecule has 2 saturated heterocycles. The molecule has 0 aliphatic carbocycles. The topological polar surface area (TPSA) is 80.8 Å². The first-order valence-corrected chi connectivity index (χ1v) is 7.16. The van der Waals surface area contributed by atoms with Crippen LogP contribution in [0, 0.1) is 5.92 Å². The van der Waals surface area contributed by atoms with E-state index in [4.69, 9.17) is 4.74 Å². The van der Waals surface area contributed by atoms with Crippen LogP contribution in [0.25, 0.3) is 0 Å². The number of cyclic esters (lactones) is 1. The lowest BCUT2D eigenvalue weighted by molar-refractivity contribution is -0.0529. The Bertz CT molecular complexity index is 613. The molecule has 0 saturated carbocycles. The summed E-state index contributed by atoms with van der Waals surface area (Å²) in [4.78, 5) is 28.9. The van der Waals surface area contributed by atoms with Gasteiger partial charge in [-0.15, -0.1) is 0 Å². The van der Waals surface area contributed by atoms with Crippen LogP contribution in [0.5, 0.6) is 5.88 Å². The predicted octanol–water partition coefficient (Wildman–Crippen LogP) is 1.25. The maximum Gasteiger partial charge on any atom is 0.407 e. The van der Waals surface area contributed by atoms with Crippen LogP contribution in [0.4, 0.5) is 13.6 Å². The standard InChI is InChI=1S/C14H15F2N3O4/c15-13(16)23-11-5-8(1-3-17-11)12(20)19-4-2-10-9(6-19)7-22-14(21)18-10/h1,3,5,9-10,13H,2,4,6-7H2,(H,18,21)/t9-,10+/m1/s1. The van der Waals surface area contributed by atoms with Crippen molar-refractivity contribution in [3.63, 3.8) is 0 Å². The Morgan fingerprint density at radius 1 is 1.52 bits per heavy atom. The van der Waals surface area contributed by atoms with Crippen LogP contribution in [0.15, 0.2) is 18.3 Å². The summed E-state index contributed by atoms with van der Waals surface area (Å²) in [6, 6.07) is 2.64. The number of piperidine rings is 1. The van der Waals surface area contributed by atoms with Crippen LogP contribution >= 0.6 is 0 Å². The Labute approximate surface area is 130 Å². The number of alkyl halides is 2. The van der Waals surface area contributed by atoms with E-state index in [1.807, 2.05) is 0 Å². The zero-order chi connectivity index (χ0) is 16.4. The summed E-state index contributed by atoms with van der Waals surface area (Å²) >= 11 is 0. The number of alkyl carbamates (subject to hydrolysis) is 1. The largest absolute Gasteiger partial charge is 0.449 e. The highest BCUT2D eigenvalue weighted by molar-refractivity contribution is 5.94. The number of carbonyl (C=O) groups is 2. The number of halogens is 2. The van der Waals surface area contributed by atoms with Gasteiger partial charge in [0.05, 0.1) is 6.61 Å². The molecule has 1 N–H and O–H groups in total. The van der Waals surface area contributed by atoms with E-state index in [2.05, 4.69) is 15.0 Å². The third-order valence-corrected chi connectivity index (χ3v) is 3.94. The SMILES string of the molecule is O=C1N[C@H]2CCN(C(=O)c3ccnc(OC(F)F)c3)C[C@@H]2CO1. The molecular weight excluding hydrogens is 312 g/mol.